The van der Waals surface area contributed by atoms with Crippen molar-refractivity contribution in [1.29, 1.82) is 5.26 Å². The van der Waals surface area contributed by atoms with Gasteiger partial charge in [0, 0.05) is 12.1 Å². The highest BCUT2D eigenvalue weighted by atomic mass is 16.4. The predicted molar refractivity (Wildman–Crippen MR) is 78.9 cm³/mol. The summed E-state index contributed by atoms with van der Waals surface area (Å²) in [6, 6.07) is 9.06. The van der Waals surface area contributed by atoms with E-state index in [2.05, 4.69) is 20.8 Å². The maximum atomic E-state index is 12.3. The van der Waals surface area contributed by atoms with Crippen LogP contribution >= 0.6 is 0 Å². The largest absolute Gasteiger partial charge is 0.480 e. The molecule has 0 aliphatic carbocycles. The van der Waals surface area contributed by atoms with Crippen LogP contribution in [0.3, 0.4) is 0 Å². The highest BCUT2D eigenvalue weighted by Crippen LogP contribution is 2.22. The fourth-order valence-electron chi connectivity index (χ4n) is 1.90. The van der Waals surface area contributed by atoms with Crippen LogP contribution in [-0.4, -0.2) is 35.0 Å². The number of nitrogens with zero attached hydrogens (tertiary/aromatic N) is 2. The Morgan fingerprint density at radius 2 is 1.81 bits per heavy atom. The summed E-state index contributed by atoms with van der Waals surface area (Å²) in [6.07, 6.45) is 0.110. The van der Waals surface area contributed by atoms with Gasteiger partial charge in [0.15, 0.2) is 0 Å². The maximum Gasteiger partial charge on any atom is 0.323 e. The second-order valence-corrected chi connectivity index (χ2v) is 5.86. The Morgan fingerprint density at radius 1 is 1.24 bits per heavy atom. The monoisotopic (exact) mass is 288 g/mol. The molecule has 1 aromatic carbocycles. The van der Waals surface area contributed by atoms with Gasteiger partial charge in [-0.05, 0) is 23.1 Å². The number of amides is 1. The number of aliphatic carboxylic acids is 1. The van der Waals surface area contributed by atoms with Crippen molar-refractivity contribution in [2.45, 2.75) is 32.6 Å². The molecule has 1 N–H and O–H groups in total. The zero-order chi connectivity index (χ0) is 16.0. The van der Waals surface area contributed by atoms with E-state index in [1.807, 2.05) is 18.2 Å². The Balaban J connectivity index is 2.93. The number of carboxylic acid groups (broad SMARTS) is 1. The number of hydrogen-bond donors (Lipinski definition) is 1. The molecule has 1 rings (SSSR count). The first kappa shape index (κ1) is 16.7. The van der Waals surface area contributed by atoms with Gasteiger partial charge >= 0.3 is 5.97 Å². The second-order valence-electron chi connectivity index (χ2n) is 5.86. The minimum Gasteiger partial charge on any atom is -0.480 e. The molecule has 0 unspecified atom stereocenters. The molecule has 0 spiro atoms. The molecule has 0 atom stereocenters. The van der Waals surface area contributed by atoms with E-state index >= 15 is 0 Å². The number of benzene rings is 1. The van der Waals surface area contributed by atoms with Crippen molar-refractivity contribution >= 4 is 11.9 Å². The summed E-state index contributed by atoms with van der Waals surface area (Å²) < 4.78 is 0. The summed E-state index contributed by atoms with van der Waals surface area (Å²) in [5, 5.41) is 17.4. The molecule has 0 heterocycles. The standard InChI is InChI=1S/C16H20N2O3/c1-16(2,3)13-7-5-12(6-8-13)15(21)18(10-4-9-17)11-14(19)20/h5-8H,4,10-11H2,1-3H3,(H,19,20). The highest BCUT2D eigenvalue weighted by Gasteiger charge is 2.19. The van der Waals surface area contributed by atoms with Gasteiger partial charge in [0.2, 0.25) is 0 Å². The van der Waals surface area contributed by atoms with Crippen LogP contribution in [0.15, 0.2) is 24.3 Å². The number of hydrogen-bond acceptors (Lipinski definition) is 3. The van der Waals surface area contributed by atoms with Crippen molar-refractivity contribution in [1.82, 2.24) is 4.90 Å². The Morgan fingerprint density at radius 3 is 2.24 bits per heavy atom. The SMILES string of the molecule is CC(C)(C)c1ccc(C(=O)N(CCC#N)CC(=O)O)cc1. The quantitative estimate of drug-likeness (QED) is 0.902. The van der Waals surface area contributed by atoms with Crippen molar-refractivity contribution in [3.63, 3.8) is 0 Å². The van der Waals surface area contributed by atoms with E-state index in [1.54, 1.807) is 12.1 Å². The van der Waals surface area contributed by atoms with Gasteiger partial charge in [0.05, 0.1) is 12.5 Å². The lowest BCUT2D eigenvalue weighted by molar-refractivity contribution is -0.137. The van der Waals surface area contributed by atoms with Crippen LogP contribution in [0, 0.1) is 11.3 Å². The van der Waals surface area contributed by atoms with Crippen molar-refractivity contribution in [3.8, 4) is 6.07 Å². The molecule has 5 nitrogen and oxygen atoms in total. The lowest BCUT2D eigenvalue weighted by atomic mass is 9.86. The normalized spacial score (nSPS) is 10.8. The van der Waals surface area contributed by atoms with Crippen LogP contribution in [-0.2, 0) is 10.2 Å². The van der Waals surface area contributed by atoms with Gasteiger partial charge in [-0.2, -0.15) is 5.26 Å². The van der Waals surface area contributed by atoms with Gasteiger partial charge in [-0.15, -0.1) is 0 Å². The number of rotatable bonds is 5. The molecule has 1 aromatic rings. The first-order valence-electron chi connectivity index (χ1n) is 6.74. The molecule has 21 heavy (non-hydrogen) atoms. The zero-order valence-electron chi connectivity index (χ0n) is 12.6. The van der Waals surface area contributed by atoms with E-state index in [0.717, 1.165) is 5.56 Å². The number of carbonyl (C=O) groups excluding carboxylic acids is 1. The Kier molecular flexibility index (Phi) is 5.48. The van der Waals surface area contributed by atoms with Crippen LogP contribution in [0.1, 0.15) is 43.1 Å². The Hall–Kier alpha value is -2.35. The first-order chi connectivity index (χ1) is 9.75. The van der Waals surface area contributed by atoms with Crippen LogP contribution in [0.25, 0.3) is 0 Å². The minimum atomic E-state index is -1.09. The molecule has 0 radical (unpaired) electrons. The Labute approximate surface area is 124 Å². The first-order valence-corrected chi connectivity index (χ1v) is 6.74. The third kappa shape index (κ3) is 4.92. The van der Waals surface area contributed by atoms with Crippen LogP contribution in [0.4, 0.5) is 0 Å². The summed E-state index contributed by atoms with van der Waals surface area (Å²) in [5.41, 5.74) is 1.52. The van der Waals surface area contributed by atoms with E-state index in [0.29, 0.717) is 5.56 Å². The molecule has 112 valence electrons. The molecule has 0 aliphatic heterocycles. The molecule has 0 aromatic heterocycles. The molecule has 0 fully saturated rings. The number of carbonyl (C=O) groups is 2. The van der Waals surface area contributed by atoms with E-state index in [9.17, 15) is 9.59 Å². The smallest absolute Gasteiger partial charge is 0.323 e. The molecule has 0 saturated carbocycles. The van der Waals surface area contributed by atoms with Crippen molar-refractivity contribution in [2.24, 2.45) is 0 Å². The topological polar surface area (TPSA) is 81.4 Å². The molecule has 0 saturated heterocycles. The van der Waals surface area contributed by atoms with Gasteiger partial charge in [-0.3, -0.25) is 9.59 Å². The molecule has 0 aliphatic rings. The summed E-state index contributed by atoms with van der Waals surface area (Å²) in [5.74, 6) is -1.46. The van der Waals surface area contributed by atoms with E-state index < -0.39 is 12.5 Å². The third-order valence-electron chi connectivity index (χ3n) is 3.10. The van der Waals surface area contributed by atoms with E-state index in [1.165, 1.54) is 4.90 Å². The highest BCUT2D eigenvalue weighted by molar-refractivity contribution is 5.95. The van der Waals surface area contributed by atoms with Gasteiger partial charge in [-0.25, -0.2) is 0 Å². The van der Waals surface area contributed by atoms with Gasteiger partial charge in [-0.1, -0.05) is 32.9 Å². The van der Waals surface area contributed by atoms with Crippen LogP contribution in [0.5, 0.6) is 0 Å². The molecule has 1 amide bonds. The number of carboxylic acids is 1. The average molecular weight is 288 g/mol. The zero-order valence-corrected chi connectivity index (χ0v) is 12.6. The molecule has 5 heteroatoms. The fraction of sp³-hybridized carbons (Fsp3) is 0.438. The Bertz CT molecular complexity index is 550. The average Bonchev–Trinajstić information content (AvgIpc) is 2.41. The van der Waals surface area contributed by atoms with E-state index in [-0.39, 0.29) is 24.3 Å². The second kappa shape index (κ2) is 6.89. The summed E-state index contributed by atoms with van der Waals surface area (Å²) in [7, 11) is 0. The molecular formula is C16H20N2O3. The summed E-state index contributed by atoms with van der Waals surface area (Å²) in [4.78, 5) is 24.3. The predicted octanol–water partition coefficient (Wildman–Crippen LogP) is 2.42. The summed E-state index contributed by atoms with van der Waals surface area (Å²) in [6.45, 7) is 5.94. The fourth-order valence-corrected chi connectivity index (χ4v) is 1.90. The van der Waals surface area contributed by atoms with Crippen molar-refractivity contribution in [2.75, 3.05) is 13.1 Å². The summed E-state index contributed by atoms with van der Waals surface area (Å²) >= 11 is 0. The van der Waals surface area contributed by atoms with Crippen LogP contribution < -0.4 is 0 Å². The lowest BCUT2D eigenvalue weighted by Gasteiger charge is -2.21. The lowest BCUT2D eigenvalue weighted by Crippen LogP contribution is -2.36. The van der Waals surface area contributed by atoms with E-state index in [4.69, 9.17) is 10.4 Å². The number of nitriles is 1. The van der Waals surface area contributed by atoms with Crippen molar-refractivity contribution in [3.05, 3.63) is 35.4 Å². The minimum absolute atomic E-state index is 0.0108. The molecule has 0 bridgehead atoms. The molecular weight excluding hydrogens is 268 g/mol. The third-order valence-corrected chi connectivity index (χ3v) is 3.10. The van der Waals surface area contributed by atoms with Gasteiger partial charge in [0.1, 0.15) is 6.54 Å². The van der Waals surface area contributed by atoms with Gasteiger partial charge in [0.25, 0.3) is 5.91 Å². The maximum absolute atomic E-state index is 12.3. The van der Waals surface area contributed by atoms with Gasteiger partial charge < -0.3 is 10.0 Å². The van der Waals surface area contributed by atoms with Crippen LogP contribution in [0.2, 0.25) is 0 Å². The van der Waals surface area contributed by atoms with Crippen molar-refractivity contribution < 1.29 is 14.7 Å².